The quantitative estimate of drug-likeness (QED) is 0.0809. The first-order chi connectivity index (χ1) is 24.4. The minimum absolute atomic E-state index is 0. The first-order valence-electron chi connectivity index (χ1n) is 14.9. The smallest absolute Gasteiger partial charge is 0.418 e. The van der Waals surface area contributed by atoms with Gasteiger partial charge in [-0.3, -0.25) is 0 Å². The van der Waals surface area contributed by atoms with Gasteiger partial charge in [0.15, 0.2) is 0 Å². The van der Waals surface area contributed by atoms with E-state index in [-0.39, 0.29) is 40.8 Å². The summed E-state index contributed by atoms with van der Waals surface area (Å²) in [5, 5.41) is 7.43. The van der Waals surface area contributed by atoms with Gasteiger partial charge >= 0.3 is 14.5 Å². The van der Waals surface area contributed by atoms with Crippen LogP contribution in [0.25, 0.3) is 0 Å². The number of benzene rings is 6. The fourth-order valence-corrected chi connectivity index (χ4v) is 4.05. The molecule has 300 valence electrons. The predicted molar refractivity (Wildman–Crippen MR) is 235 cm³/mol. The van der Waals surface area contributed by atoms with Crippen molar-refractivity contribution in [1.29, 1.82) is 0 Å². The largest absolute Gasteiger partial charge is 0.673 e. The van der Waals surface area contributed by atoms with Gasteiger partial charge in [-0.25, -0.2) is 0 Å². The van der Waals surface area contributed by atoms with Crippen molar-refractivity contribution in [2.24, 2.45) is 0 Å². The molecule has 0 aliphatic heterocycles. The maximum absolute atomic E-state index is 9.75. The molecule has 0 amide bonds. The number of rotatable bonds is 0. The summed E-state index contributed by atoms with van der Waals surface area (Å²) in [6.45, 7) is 0. The molecule has 0 aromatic heterocycles. The topological polar surface area (TPSA) is 0 Å². The van der Waals surface area contributed by atoms with Gasteiger partial charge in [0.05, 0.1) is 0 Å². The molecule has 0 saturated heterocycles. The second kappa shape index (κ2) is 38.7. The molecular formula is C36H42B2F8P6Pd2-2. The van der Waals surface area contributed by atoms with E-state index in [0.29, 0.717) is 0 Å². The van der Waals surface area contributed by atoms with E-state index in [1.165, 1.54) is 31.8 Å². The minimum atomic E-state index is -6.00. The van der Waals surface area contributed by atoms with Crippen LogP contribution in [-0.2, 0) is 40.8 Å². The van der Waals surface area contributed by atoms with Gasteiger partial charge in [0.2, 0.25) is 0 Å². The van der Waals surface area contributed by atoms with E-state index in [1.54, 1.807) is 0 Å². The maximum Gasteiger partial charge on any atom is 0.673 e. The Balaban J connectivity index is -0.000000264. The van der Waals surface area contributed by atoms with Crippen LogP contribution in [0.1, 0.15) is 0 Å². The molecule has 6 aromatic rings. The Kier molecular flexibility index (Phi) is 42.6. The summed E-state index contributed by atoms with van der Waals surface area (Å²) in [4.78, 5) is 0. The van der Waals surface area contributed by atoms with Gasteiger partial charge in [-0.1, -0.05) is 182 Å². The van der Waals surface area contributed by atoms with Crippen molar-refractivity contribution in [3.63, 3.8) is 0 Å². The van der Waals surface area contributed by atoms with Crippen molar-refractivity contribution in [2.75, 3.05) is 0 Å². The Morgan fingerprint density at radius 3 is 0.333 bits per heavy atom. The molecule has 6 atom stereocenters. The van der Waals surface area contributed by atoms with Gasteiger partial charge in [0, 0.05) is 40.8 Å². The molecular weight excluding hydrogens is 1000 g/mol. The van der Waals surface area contributed by atoms with Crippen LogP contribution in [0.5, 0.6) is 0 Å². The SMILES string of the molecule is F[B-](F)(F)F.F[B-](F)(F)F.Pc1ccccc1.Pc1ccccc1.Pc1ccccc1.Pc1ccccc1.Pc1ccccc1.Pc1ccccc1.[Pd].[Pd]. The van der Waals surface area contributed by atoms with Crippen molar-refractivity contribution < 1.29 is 75.4 Å². The van der Waals surface area contributed by atoms with Gasteiger partial charge in [0.1, 0.15) is 0 Å². The molecule has 54 heavy (non-hydrogen) atoms. The first-order valence-corrected chi connectivity index (χ1v) is 18.4. The third kappa shape index (κ3) is 57.5. The van der Waals surface area contributed by atoms with Crippen LogP contribution in [0, 0.1) is 0 Å². The van der Waals surface area contributed by atoms with Gasteiger partial charge in [-0.05, 0) is 31.8 Å². The molecule has 6 rings (SSSR count). The summed E-state index contributed by atoms with van der Waals surface area (Å²) >= 11 is 0. The molecule has 0 bridgehead atoms. The van der Waals surface area contributed by atoms with Gasteiger partial charge < -0.3 is 34.5 Å². The van der Waals surface area contributed by atoms with E-state index in [1.807, 2.05) is 182 Å². The zero-order valence-electron chi connectivity index (χ0n) is 28.6. The van der Waals surface area contributed by atoms with Gasteiger partial charge in [0.25, 0.3) is 0 Å². The first kappa shape index (κ1) is 59.5. The molecule has 0 aliphatic rings. The molecule has 0 nitrogen and oxygen atoms in total. The van der Waals surface area contributed by atoms with Crippen molar-refractivity contribution in [2.45, 2.75) is 0 Å². The number of halogens is 8. The Labute approximate surface area is 356 Å². The standard InChI is InChI=1S/6C6H7P.2BF4.2Pd/c6*7-6-4-2-1-3-5-6;2*2-1(3,4)5;;/h6*1-5H,7H2;;;;/q;;;;;;2*-1;;. The molecule has 0 spiro atoms. The summed E-state index contributed by atoms with van der Waals surface area (Å²) in [7, 11) is 3.77. The van der Waals surface area contributed by atoms with E-state index in [9.17, 15) is 34.5 Å². The molecule has 0 fully saturated rings. The van der Waals surface area contributed by atoms with Gasteiger partial charge in [-0.15, -0.1) is 55.4 Å². The molecule has 0 saturated carbocycles. The van der Waals surface area contributed by atoms with E-state index in [0.717, 1.165) is 0 Å². The van der Waals surface area contributed by atoms with Crippen LogP contribution >= 0.6 is 55.4 Å². The van der Waals surface area contributed by atoms with E-state index in [2.05, 4.69) is 55.4 Å². The third-order valence-corrected chi connectivity index (χ3v) is 7.11. The third-order valence-electron chi connectivity index (χ3n) is 4.80. The van der Waals surface area contributed by atoms with Crippen LogP contribution in [0.2, 0.25) is 0 Å². The Bertz CT molecular complexity index is 1310. The minimum Gasteiger partial charge on any atom is -0.418 e. The van der Waals surface area contributed by atoms with E-state index in [4.69, 9.17) is 0 Å². The summed E-state index contributed by atoms with van der Waals surface area (Å²) in [5.41, 5.74) is 0. The summed E-state index contributed by atoms with van der Waals surface area (Å²) in [5.74, 6) is 0. The predicted octanol–water partition coefficient (Wildman–Crippen LogP) is 9.72. The van der Waals surface area contributed by atoms with Crippen molar-refractivity contribution >= 4 is 102 Å². The summed E-state index contributed by atoms with van der Waals surface area (Å²) in [6, 6.07) is 60.8. The zero-order chi connectivity index (χ0) is 39.7. The molecule has 18 heteroatoms. The zero-order valence-corrected chi connectivity index (χ0v) is 38.6. The normalized spacial score (nSPS) is 9.00. The molecule has 0 aliphatic carbocycles. The van der Waals surface area contributed by atoms with Crippen LogP contribution in [-0.4, -0.2) is 14.5 Å². The summed E-state index contributed by atoms with van der Waals surface area (Å²) < 4.78 is 78.0. The number of hydrogen-bond donors (Lipinski definition) is 0. The van der Waals surface area contributed by atoms with Gasteiger partial charge in [-0.2, -0.15) is 0 Å². The molecule has 0 N–H and O–H groups in total. The van der Waals surface area contributed by atoms with E-state index >= 15 is 0 Å². The number of hydrogen-bond acceptors (Lipinski definition) is 0. The maximum atomic E-state index is 9.75. The average molecular weight is 1050 g/mol. The molecule has 0 radical (unpaired) electrons. The van der Waals surface area contributed by atoms with Crippen LogP contribution in [0.3, 0.4) is 0 Å². The second-order valence-electron chi connectivity index (χ2n) is 9.45. The molecule has 0 heterocycles. The van der Waals surface area contributed by atoms with Crippen LogP contribution in [0.4, 0.5) is 34.5 Å². The second-order valence-corrected chi connectivity index (χ2v) is 13.5. The Morgan fingerprint density at radius 2 is 0.296 bits per heavy atom. The Hall–Kier alpha value is -1.21. The summed E-state index contributed by atoms with van der Waals surface area (Å²) in [6.07, 6.45) is 0. The fraction of sp³-hybridized carbons (Fsp3) is 0. The monoisotopic (exact) mass is 1050 g/mol. The van der Waals surface area contributed by atoms with E-state index < -0.39 is 14.5 Å². The van der Waals surface area contributed by atoms with Crippen LogP contribution < -0.4 is 31.8 Å². The van der Waals surface area contributed by atoms with Crippen molar-refractivity contribution in [3.8, 4) is 0 Å². The molecule has 6 aromatic carbocycles. The van der Waals surface area contributed by atoms with Crippen LogP contribution in [0.15, 0.2) is 182 Å². The fourth-order valence-electron chi connectivity index (χ4n) is 2.72. The van der Waals surface area contributed by atoms with Crippen molar-refractivity contribution in [1.82, 2.24) is 0 Å². The molecule has 6 unspecified atom stereocenters. The average Bonchev–Trinajstić information content (AvgIpc) is 3.07. The Morgan fingerprint density at radius 1 is 0.222 bits per heavy atom. The van der Waals surface area contributed by atoms with Crippen molar-refractivity contribution in [3.05, 3.63) is 182 Å².